The van der Waals surface area contributed by atoms with Gasteiger partial charge in [0, 0.05) is 0 Å². The topological polar surface area (TPSA) is 98.0 Å². The second-order valence-corrected chi connectivity index (χ2v) is 6.27. The van der Waals surface area contributed by atoms with Gasteiger partial charge in [-0.3, -0.25) is 9.59 Å². The monoisotopic (exact) mass is 425 g/mol. The zero-order valence-corrected chi connectivity index (χ0v) is 16.0. The van der Waals surface area contributed by atoms with E-state index >= 15 is 0 Å². The molecule has 26 heavy (non-hydrogen) atoms. The molecule has 0 aliphatic carbocycles. The second-order valence-electron chi connectivity index (χ2n) is 5.49. The summed E-state index contributed by atoms with van der Waals surface area (Å²) in [7, 11) is 1.50. The Kier molecular flexibility index (Phi) is 7.08. The maximum atomic E-state index is 12.3. The SMILES string of the molecule is CCCOc1ccc(C(CC(=O)O)NC(=O)c2ccc(Br)o2)cc1OC. The van der Waals surface area contributed by atoms with Crippen LogP contribution in [0.5, 0.6) is 11.5 Å². The summed E-state index contributed by atoms with van der Waals surface area (Å²) in [6.45, 7) is 2.53. The fourth-order valence-electron chi connectivity index (χ4n) is 2.32. The van der Waals surface area contributed by atoms with Gasteiger partial charge in [-0.05, 0) is 52.2 Å². The number of carbonyl (C=O) groups excluding carboxylic acids is 1. The van der Waals surface area contributed by atoms with Gasteiger partial charge in [-0.2, -0.15) is 0 Å². The third-order valence-electron chi connectivity index (χ3n) is 3.53. The van der Waals surface area contributed by atoms with E-state index < -0.39 is 17.9 Å². The van der Waals surface area contributed by atoms with Crippen LogP contribution in [0.15, 0.2) is 39.4 Å². The molecule has 2 aromatic rings. The van der Waals surface area contributed by atoms with Crippen molar-refractivity contribution in [1.29, 1.82) is 0 Å². The first-order valence-corrected chi connectivity index (χ1v) is 8.82. The summed E-state index contributed by atoms with van der Waals surface area (Å²) in [4.78, 5) is 23.5. The van der Waals surface area contributed by atoms with Crippen LogP contribution in [-0.2, 0) is 4.79 Å². The number of carboxylic acids is 1. The van der Waals surface area contributed by atoms with Crippen molar-refractivity contribution in [2.24, 2.45) is 0 Å². The Morgan fingerprint density at radius 3 is 2.62 bits per heavy atom. The van der Waals surface area contributed by atoms with Crippen LogP contribution >= 0.6 is 15.9 Å². The molecular formula is C18H20BrNO6. The molecule has 140 valence electrons. The highest BCUT2D eigenvalue weighted by atomic mass is 79.9. The van der Waals surface area contributed by atoms with Crippen LogP contribution in [0.4, 0.5) is 0 Å². The molecule has 0 aliphatic rings. The Balaban J connectivity index is 2.25. The number of ether oxygens (including phenoxy) is 2. The van der Waals surface area contributed by atoms with Gasteiger partial charge in [0.25, 0.3) is 5.91 Å². The van der Waals surface area contributed by atoms with Gasteiger partial charge in [0.05, 0.1) is 26.2 Å². The van der Waals surface area contributed by atoms with Crippen molar-refractivity contribution < 1.29 is 28.6 Å². The predicted octanol–water partition coefficient (Wildman–Crippen LogP) is 3.79. The molecule has 0 radical (unpaired) electrons. The first kappa shape index (κ1) is 19.8. The van der Waals surface area contributed by atoms with Gasteiger partial charge in [-0.15, -0.1) is 0 Å². The number of carboxylic acid groups (broad SMARTS) is 1. The molecule has 0 spiro atoms. The smallest absolute Gasteiger partial charge is 0.305 e. The van der Waals surface area contributed by atoms with Crippen LogP contribution in [0.3, 0.4) is 0 Å². The minimum absolute atomic E-state index is 0.0853. The highest BCUT2D eigenvalue weighted by Crippen LogP contribution is 2.31. The van der Waals surface area contributed by atoms with E-state index in [2.05, 4.69) is 21.2 Å². The van der Waals surface area contributed by atoms with Crippen LogP contribution in [0, 0.1) is 0 Å². The van der Waals surface area contributed by atoms with Crippen molar-refractivity contribution in [3.05, 3.63) is 46.3 Å². The molecule has 2 N–H and O–H groups in total. The van der Waals surface area contributed by atoms with Crippen molar-refractivity contribution in [3.8, 4) is 11.5 Å². The summed E-state index contributed by atoms with van der Waals surface area (Å²) in [5.41, 5.74) is 0.590. The van der Waals surface area contributed by atoms with Crippen molar-refractivity contribution in [3.63, 3.8) is 0 Å². The Morgan fingerprint density at radius 1 is 1.27 bits per heavy atom. The van der Waals surface area contributed by atoms with Gasteiger partial charge in [-0.25, -0.2) is 0 Å². The molecular weight excluding hydrogens is 406 g/mol. The molecule has 1 heterocycles. The first-order chi connectivity index (χ1) is 12.4. The van der Waals surface area contributed by atoms with E-state index in [0.717, 1.165) is 6.42 Å². The number of hydrogen-bond donors (Lipinski definition) is 2. The highest BCUT2D eigenvalue weighted by Gasteiger charge is 2.22. The van der Waals surface area contributed by atoms with Crippen LogP contribution in [0.25, 0.3) is 0 Å². The third-order valence-corrected chi connectivity index (χ3v) is 3.96. The fraction of sp³-hybridized carbons (Fsp3) is 0.333. The normalized spacial score (nSPS) is 11.7. The fourth-order valence-corrected chi connectivity index (χ4v) is 2.63. The molecule has 0 saturated heterocycles. The molecule has 1 aromatic heterocycles. The van der Waals surface area contributed by atoms with Gasteiger partial charge >= 0.3 is 5.97 Å². The average Bonchev–Trinajstić information content (AvgIpc) is 3.05. The number of rotatable bonds is 9. The molecule has 1 amide bonds. The predicted molar refractivity (Wildman–Crippen MR) is 97.6 cm³/mol. The van der Waals surface area contributed by atoms with Gasteiger partial charge in [0.15, 0.2) is 21.9 Å². The van der Waals surface area contributed by atoms with Crippen molar-refractivity contribution in [1.82, 2.24) is 5.32 Å². The first-order valence-electron chi connectivity index (χ1n) is 8.03. The molecule has 0 aliphatic heterocycles. The summed E-state index contributed by atoms with van der Waals surface area (Å²) >= 11 is 3.13. The van der Waals surface area contributed by atoms with Crippen molar-refractivity contribution >= 4 is 27.8 Å². The number of hydrogen-bond acceptors (Lipinski definition) is 5. The average molecular weight is 426 g/mol. The zero-order valence-electron chi connectivity index (χ0n) is 14.5. The Morgan fingerprint density at radius 2 is 2.04 bits per heavy atom. The van der Waals surface area contributed by atoms with Gasteiger partial charge in [-0.1, -0.05) is 13.0 Å². The third kappa shape index (κ3) is 5.26. The number of methoxy groups -OCH3 is 1. The van der Waals surface area contributed by atoms with E-state index in [1.165, 1.54) is 13.2 Å². The maximum absolute atomic E-state index is 12.3. The molecule has 0 fully saturated rings. The number of halogens is 1. The van der Waals surface area contributed by atoms with Gasteiger partial charge in [0.2, 0.25) is 0 Å². The van der Waals surface area contributed by atoms with Crippen LogP contribution in [0.1, 0.15) is 41.9 Å². The van der Waals surface area contributed by atoms with E-state index in [1.54, 1.807) is 24.3 Å². The Labute approximate surface area is 159 Å². The second kappa shape index (κ2) is 9.28. The largest absolute Gasteiger partial charge is 0.493 e. The van der Waals surface area contributed by atoms with Crippen LogP contribution in [0.2, 0.25) is 0 Å². The van der Waals surface area contributed by atoms with E-state index in [9.17, 15) is 14.7 Å². The summed E-state index contributed by atoms with van der Waals surface area (Å²) in [6.07, 6.45) is 0.563. The van der Waals surface area contributed by atoms with Crippen LogP contribution < -0.4 is 14.8 Å². The Hall–Kier alpha value is -2.48. The molecule has 1 aromatic carbocycles. The number of amides is 1. The number of benzene rings is 1. The number of nitrogens with one attached hydrogen (secondary N) is 1. The van der Waals surface area contributed by atoms with E-state index in [-0.39, 0.29) is 12.2 Å². The lowest BCUT2D eigenvalue weighted by Gasteiger charge is -2.19. The number of aliphatic carboxylic acids is 1. The maximum Gasteiger partial charge on any atom is 0.305 e. The summed E-state index contributed by atoms with van der Waals surface area (Å²) in [5, 5.41) is 11.9. The lowest BCUT2D eigenvalue weighted by atomic mass is 10.0. The van der Waals surface area contributed by atoms with Gasteiger partial charge < -0.3 is 24.3 Å². The minimum atomic E-state index is -1.04. The van der Waals surface area contributed by atoms with Gasteiger partial charge in [0.1, 0.15) is 0 Å². The summed E-state index contributed by atoms with van der Waals surface area (Å²) in [5.74, 6) is -0.426. The quantitative estimate of drug-likeness (QED) is 0.633. The highest BCUT2D eigenvalue weighted by molar-refractivity contribution is 9.10. The molecule has 0 bridgehead atoms. The van der Waals surface area contributed by atoms with Crippen molar-refractivity contribution in [2.45, 2.75) is 25.8 Å². The molecule has 7 nitrogen and oxygen atoms in total. The lowest BCUT2D eigenvalue weighted by molar-refractivity contribution is -0.137. The minimum Gasteiger partial charge on any atom is -0.493 e. The molecule has 1 unspecified atom stereocenters. The summed E-state index contributed by atoms with van der Waals surface area (Å²) < 4.78 is 16.5. The Bertz CT molecular complexity index is 773. The number of furan rings is 1. The molecule has 0 saturated carbocycles. The van der Waals surface area contributed by atoms with Crippen molar-refractivity contribution in [2.75, 3.05) is 13.7 Å². The number of carbonyl (C=O) groups is 2. The van der Waals surface area contributed by atoms with E-state index in [4.69, 9.17) is 13.9 Å². The summed E-state index contributed by atoms with van der Waals surface area (Å²) in [6, 6.07) is 7.41. The standard InChI is InChI=1S/C18H20BrNO6/c1-3-8-25-13-5-4-11(9-15(13)24-2)12(10-17(21)22)20-18(23)14-6-7-16(19)26-14/h4-7,9,12H,3,8,10H2,1-2H3,(H,20,23)(H,21,22). The lowest BCUT2D eigenvalue weighted by Crippen LogP contribution is -2.30. The van der Waals surface area contributed by atoms with Crippen LogP contribution in [-0.4, -0.2) is 30.7 Å². The van der Waals surface area contributed by atoms with E-state index in [0.29, 0.717) is 28.3 Å². The molecule has 8 heteroatoms. The van der Waals surface area contributed by atoms with E-state index in [1.807, 2.05) is 6.92 Å². The molecule has 1 atom stereocenters. The molecule has 2 rings (SSSR count). The zero-order chi connectivity index (χ0) is 19.1.